The first-order valence-electron chi connectivity index (χ1n) is 5.07. The minimum atomic E-state index is 0.751. The Bertz CT molecular complexity index is 529. The van der Waals surface area contributed by atoms with E-state index in [1.54, 1.807) is 14.2 Å². The second-order valence-electron chi connectivity index (χ2n) is 3.49. The maximum absolute atomic E-state index is 5.37. The molecule has 0 aliphatic rings. The van der Waals surface area contributed by atoms with Crippen molar-refractivity contribution in [3.8, 4) is 11.5 Å². The molecular formula is C14H14O2. The van der Waals surface area contributed by atoms with Gasteiger partial charge >= 0.3 is 0 Å². The maximum atomic E-state index is 5.37. The van der Waals surface area contributed by atoms with Crippen molar-refractivity contribution in [3.63, 3.8) is 0 Å². The first kappa shape index (κ1) is 10.6. The summed E-state index contributed by atoms with van der Waals surface area (Å²) >= 11 is 0. The van der Waals surface area contributed by atoms with Crippen molar-refractivity contribution in [1.82, 2.24) is 0 Å². The van der Waals surface area contributed by atoms with Crippen LogP contribution in [0.4, 0.5) is 0 Å². The van der Waals surface area contributed by atoms with Gasteiger partial charge in [0.2, 0.25) is 0 Å². The Balaban J connectivity index is 2.73. The van der Waals surface area contributed by atoms with E-state index in [4.69, 9.17) is 9.47 Å². The van der Waals surface area contributed by atoms with E-state index in [0.717, 1.165) is 27.8 Å². The Morgan fingerprint density at radius 3 is 2.50 bits per heavy atom. The molecule has 0 heterocycles. The van der Waals surface area contributed by atoms with E-state index in [-0.39, 0.29) is 0 Å². The van der Waals surface area contributed by atoms with Crippen LogP contribution in [0.3, 0.4) is 0 Å². The molecule has 0 amide bonds. The second-order valence-corrected chi connectivity index (χ2v) is 3.49. The van der Waals surface area contributed by atoms with Gasteiger partial charge in [-0.25, -0.2) is 0 Å². The molecule has 16 heavy (non-hydrogen) atoms. The summed E-state index contributed by atoms with van der Waals surface area (Å²) in [7, 11) is 3.29. The molecule has 0 saturated carbocycles. The minimum Gasteiger partial charge on any atom is -0.493 e. The van der Waals surface area contributed by atoms with Crippen LogP contribution in [0.25, 0.3) is 16.8 Å². The molecule has 0 unspecified atom stereocenters. The highest BCUT2D eigenvalue weighted by molar-refractivity contribution is 5.92. The summed E-state index contributed by atoms with van der Waals surface area (Å²) in [6, 6.07) is 10.0. The zero-order chi connectivity index (χ0) is 11.5. The molecular weight excluding hydrogens is 200 g/mol. The van der Waals surface area contributed by atoms with Gasteiger partial charge in [0.1, 0.15) is 0 Å². The molecule has 2 rings (SSSR count). The van der Waals surface area contributed by atoms with Gasteiger partial charge in [0.15, 0.2) is 11.5 Å². The predicted octanol–water partition coefficient (Wildman–Crippen LogP) is 3.50. The fourth-order valence-corrected chi connectivity index (χ4v) is 1.80. The summed E-state index contributed by atoms with van der Waals surface area (Å²) in [5.41, 5.74) is 1.10. The minimum absolute atomic E-state index is 0.751. The topological polar surface area (TPSA) is 18.5 Å². The van der Waals surface area contributed by atoms with Crippen LogP contribution in [0, 0.1) is 0 Å². The quantitative estimate of drug-likeness (QED) is 0.778. The first-order valence-corrected chi connectivity index (χ1v) is 5.07. The highest BCUT2D eigenvalue weighted by Gasteiger charge is 2.08. The van der Waals surface area contributed by atoms with Crippen molar-refractivity contribution in [2.24, 2.45) is 0 Å². The van der Waals surface area contributed by atoms with Gasteiger partial charge in [0.05, 0.1) is 14.2 Å². The number of methoxy groups -OCH3 is 2. The largest absolute Gasteiger partial charge is 0.493 e. The molecule has 0 bridgehead atoms. The standard InChI is InChI=1S/C14H14O2/c1-4-10-5-7-12-11(9-10)6-8-13(15-2)14(12)16-3/h4-9H,1H2,2-3H3. The molecule has 82 valence electrons. The Kier molecular flexibility index (Phi) is 2.82. The van der Waals surface area contributed by atoms with E-state index < -0.39 is 0 Å². The molecule has 0 aliphatic carbocycles. The van der Waals surface area contributed by atoms with E-state index in [1.807, 2.05) is 30.3 Å². The lowest BCUT2D eigenvalue weighted by atomic mass is 10.1. The third kappa shape index (κ3) is 1.63. The molecule has 2 aromatic rings. The Morgan fingerprint density at radius 2 is 1.88 bits per heavy atom. The van der Waals surface area contributed by atoms with Gasteiger partial charge in [0, 0.05) is 5.39 Å². The third-order valence-electron chi connectivity index (χ3n) is 2.62. The van der Waals surface area contributed by atoms with Crippen LogP contribution >= 0.6 is 0 Å². The van der Waals surface area contributed by atoms with E-state index in [1.165, 1.54) is 0 Å². The number of benzene rings is 2. The number of hydrogen-bond donors (Lipinski definition) is 0. The maximum Gasteiger partial charge on any atom is 0.168 e. The smallest absolute Gasteiger partial charge is 0.168 e. The molecule has 2 heteroatoms. The third-order valence-corrected chi connectivity index (χ3v) is 2.62. The average molecular weight is 214 g/mol. The Morgan fingerprint density at radius 1 is 1.06 bits per heavy atom. The summed E-state index contributed by atoms with van der Waals surface area (Å²) in [4.78, 5) is 0. The van der Waals surface area contributed by atoms with Crippen LogP contribution in [0.5, 0.6) is 11.5 Å². The van der Waals surface area contributed by atoms with Crippen LogP contribution in [0.1, 0.15) is 5.56 Å². The van der Waals surface area contributed by atoms with Crippen LogP contribution in [-0.2, 0) is 0 Å². The van der Waals surface area contributed by atoms with Crippen molar-refractivity contribution >= 4 is 16.8 Å². The van der Waals surface area contributed by atoms with Crippen molar-refractivity contribution in [2.75, 3.05) is 14.2 Å². The first-order chi connectivity index (χ1) is 7.80. The average Bonchev–Trinajstić information content (AvgIpc) is 2.36. The van der Waals surface area contributed by atoms with Crippen molar-refractivity contribution in [2.45, 2.75) is 0 Å². The normalized spacial score (nSPS) is 10.1. The van der Waals surface area contributed by atoms with Crippen molar-refractivity contribution in [1.29, 1.82) is 0 Å². The number of ether oxygens (including phenoxy) is 2. The predicted molar refractivity (Wildman–Crippen MR) is 67.1 cm³/mol. The summed E-state index contributed by atoms with van der Waals surface area (Å²) in [6.45, 7) is 3.76. The summed E-state index contributed by atoms with van der Waals surface area (Å²) in [6.07, 6.45) is 1.83. The Hall–Kier alpha value is -1.96. The van der Waals surface area contributed by atoms with Gasteiger partial charge in [-0.2, -0.15) is 0 Å². The van der Waals surface area contributed by atoms with Crippen LogP contribution in [-0.4, -0.2) is 14.2 Å². The van der Waals surface area contributed by atoms with Gasteiger partial charge < -0.3 is 9.47 Å². The zero-order valence-electron chi connectivity index (χ0n) is 9.49. The van der Waals surface area contributed by atoms with E-state index in [0.29, 0.717) is 0 Å². The van der Waals surface area contributed by atoms with Crippen LogP contribution in [0.2, 0.25) is 0 Å². The van der Waals surface area contributed by atoms with Crippen LogP contribution in [0.15, 0.2) is 36.9 Å². The SMILES string of the molecule is C=Cc1ccc2c(OC)c(OC)ccc2c1. The van der Waals surface area contributed by atoms with Gasteiger partial charge in [-0.3, -0.25) is 0 Å². The molecule has 0 atom stereocenters. The van der Waals surface area contributed by atoms with E-state index >= 15 is 0 Å². The highest BCUT2D eigenvalue weighted by atomic mass is 16.5. The molecule has 0 fully saturated rings. The molecule has 0 spiro atoms. The van der Waals surface area contributed by atoms with Crippen molar-refractivity contribution < 1.29 is 9.47 Å². The lowest BCUT2D eigenvalue weighted by Crippen LogP contribution is -1.91. The zero-order valence-corrected chi connectivity index (χ0v) is 9.49. The fraction of sp³-hybridized carbons (Fsp3) is 0.143. The summed E-state index contributed by atoms with van der Waals surface area (Å²) < 4.78 is 10.6. The number of rotatable bonds is 3. The monoisotopic (exact) mass is 214 g/mol. The second kappa shape index (κ2) is 4.27. The molecule has 2 nitrogen and oxygen atoms in total. The summed E-state index contributed by atoms with van der Waals surface area (Å²) in [5.74, 6) is 1.52. The molecule has 0 aromatic heterocycles. The fourth-order valence-electron chi connectivity index (χ4n) is 1.80. The van der Waals surface area contributed by atoms with E-state index in [9.17, 15) is 0 Å². The highest BCUT2D eigenvalue weighted by Crippen LogP contribution is 2.35. The van der Waals surface area contributed by atoms with Gasteiger partial charge in [-0.1, -0.05) is 24.8 Å². The van der Waals surface area contributed by atoms with Gasteiger partial charge in [-0.05, 0) is 29.1 Å². The molecule has 0 radical (unpaired) electrons. The molecule has 0 aliphatic heterocycles. The number of fused-ring (bicyclic) bond motifs is 1. The molecule has 0 N–H and O–H groups in total. The van der Waals surface area contributed by atoms with Crippen LogP contribution < -0.4 is 9.47 Å². The molecule has 2 aromatic carbocycles. The van der Waals surface area contributed by atoms with E-state index in [2.05, 4.69) is 12.6 Å². The summed E-state index contributed by atoms with van der Waals surface area (Å²) in [5, 5.41) is 2.17. The lowest BCUT2D eigenvalue weighted by Gasteiger charge is -2.10. The van der Waals surface area contributed by atoms with Crippen molar-refractivity contribution in [3.05, 3.63) is 42.5 Å². The molecule has 0 saturated heterocycles. The Labute approximate surface area is 95.1 Å². The number of hydrogen-bond acceptors (Lipinski definition) is 2. The lowest BCUT2D eigenvalue weighted by molar-refractivity contribution is 0.358. The van der Waals surface area contributed by atoms with Gasteiger partial charge in [-0.15, -0.1) is 0 Å². The van der Waals surface area contributed by atoms with Gasteiger partial charge in [0.25, 0.3) is 0 Å².